The van der Waals surface area contributed by atoms with Crippen molar-refractivity contribution in [3.8, 4) is 11.9 Å². The van der Waals surface area contributed by atoms with Gasteiger partial charge in [-0.25, -0.2) is 19.2 Å². The monoisotopic (exact) mass is 581 g/mol. The van der Waals surface area contributed by atoms with Gasteiger partial charge in [0.1, 0.15) is 18.2 Å². The van der Waals surface area contributed by atoms with E-state index in [2.05, 4.69) is 15.5 Å². The van der Waals surface area contributed by atoms with Crippen LogP contribution >= 0.6 is 0 Å². The lowest BCUT2D eigenvalue weighted by Gasteiger charge is -2.41. The third kappa shape index (κ3) is 5.46. The van der Waals surface area contributed by atoms with E-state index in [-0.39, 0.29) is 23.8 Å². The molecule has 3 aliphatic rings. The molecule has 4 heterocycles. The minimum atomic E-state index is -0.945. The molecule has 9 nitrogen and oxygen atoms in total. The number of carbonyl (C=O) groups is 1. The van der Waals surface area contributed by atoms with E-state index in [4.69, 9.17) is 24.7 Å². The van der Waals surface area contributed by atoms with Crippen molar-refractivity contribution in [3.63, 3.8) is 0 Å². The van der Waals surface area contributed by atoms with E-state index in [1.54, 1.807) is 30.3 Å². The van der Waals surface area contributed by atoms with Crippen LogP contribution in [-0.4, -0.2) is 56.3 Å². The van der Waals surface area contributed by atoms with E-state index in [0.717, 1.165) is 67.9 Å². The summed E-state index contributed by atoms with van der Waals surface area (Å²) in [5.74, 6) is 0.798. The van der Waals surface area contributed by atoms with Gasteiger partial charge < -0.3 is 19.1 Å². The highest BCUT2D eigenvalue weighted by Crippen LogP contribution is 2.41. The molecule has 7 rings (SSSR count). The van der Waals surface area contributed by atoms with Gasteiger partial charge in [-0.1, -0.05) is 12.1 Å². The fourth-order valence-corrected chi connectivity index (χ4v) is 6.69. The number of aryl methyl sites for hydroxylation is 1. The number of piperidine rings is 1. The van der Waals surface area contributed by atoms with E-state index in [1.807, 2.05) is 12.1 Å². The number of nitriles is 1. The Kier molecular flexibility index (Phi) is 7.29. The van der Waals surface area contributed by atoms with Gasteiger partial charge in [0.2, 0.25) is 5.88 Å². The van der Waals surface area contributed by atoms with Gasteiger partial charge in [-0.3, -0.25) is 4.90 Å². The number of aromatic nitrogens is 3. The summed E-state index contributed by atoms with van der Waals surface area (Å²) in [6.07, 6.45) is 4.12. The number of pyridine rings is 1. The minimum absolute atomic E-state index is 0.0477. The van der Waals surface area contributed by atoms with Crippen molar-refractivity contribution in [1.82, 2.24) is 19.4 Å². The van der Waals surface area contributed by atoms with Gasteiger partial charge in [0.15, 0.2) is 0 Å². The fraction of sp³-hybridized carbons (Fsp3) is 0.394. The Bertz CT molecular complexity index is 1740. The number of likely N-dealkylation sites (tertiary alicyclic amines) is 1. The molecular formula is C33H32FN5O4. The first-order valence-electron chi connectivity index (χ1n) is 14.8. The summed E-state index contributed by atoms with van der Waals surface area (Å²) in [7, 11) is 0. The molecule has 0 radical (unpaired) electrons. The molecule has 220 valence electrons. The maximum atomic E-state index is 14.4. The molecule has 1 N–H and O–H groups in total. The van der Waals surface area contributed by atoms with Gasteiger partial charge in [-0.2, -0.15) is 5.26 Å². The van der Waals surface area contributed by atoms with Crippen molar-refractivity contribution in [2.24, 2.45) is 5.92 Å². The van der Waals surface area contributed by atoms with Crippen LogP contribution in [0.1, 0.15) is 63.7 Å². The first-order chi connectivity index (χ1) is 20.9. The molecule has 0 spiro atoms. The molecule has 2 aliphatic heterocycles. The minimum Gasteiger partial charge on any atom is -0.478 e. The summed E-state index contributed by atoms with van der Waals surface area (Å²) in [6.45, 7) is 3.99. The Hall–Kier alpha value is -4.33. The van der Waals surface area contributed by atoms with Crippen LogP contribution in [0.25, 0.3) is 11.0 Å². The fourth-order valence-electron chi connectivity index (χ4n) is 6.69. The van der Waals surface area contributed by atoms with Crippen LogP contribution < -0.4 is 4.74 Å². The summed E-state index contributed by atoms with van der Waals surface area (Å²) < 4.78 is 28.1. The summed E-state index contributed by atoms with van der Waals surface area (Å²) in [5.41, 5.74) is 4.91. The van der Waals surface area contributed by atoms with Crippen molar-refractivity contribution in [3.05, 3.63) is 88.1 Å². The molecule has 2 saturated heterocycles. The number of fused-ring (bicyclic) bond motifs is 4. The summed E-state index contributed by atoms with van der Waals surface area (Å²) in [4.78, 5) is 23.9. The second-order valence-corrected chi connectivity index (χ2v) is 11.8. The topological polar surface area (TPSA) is 114 Å². The lowest BCUT2D eigenvalue weighted by Crippen LogP contribution is -2.42. The number of carboxylic acid groups (broad SMARTS) is 1. The number of nitrogens with zero attached hydrogens (tertiary/aromatic N) is 5. The van der Waals surface area contributed by atoms with Gasteiger partial charge in [-0.15, -0.1) is 0 Å². The Morgan fingerprint density at radius 1 is 1.14 bits per heavy atom. The zero-order chi connectivity index (χ0) is 29.5. The number of aromatic carboxylic acids is 1. The molecule has 0 amide bonds. The molecule has 4 aromatic rings. The van der Waals surface area contributed by atoms with Crippen molar-refractivity contribution in [1.29, 1.82) is 5.26 Å². The van der Waals surface area contributed by atoms with E-state index >= 15 is 0 Å². The number of benzene rings is 2. The highest BCUT2D eigenvalue weighted by molar-refractivity contribution is 5.92. The SMILES string of the molecule is N#Cc1ccc(COc2ccc3c(n2)C2CCN(Cc4nc5ccc(C(=O)O)cc5n4C[C@@H]4CCO4)CC2CC3)c(F)c1. The van der Waals surface area contributed by atoms with E-state index < -0.39 is 11.8 Å². The van der Waals surface area contributed by atoms with Crippen molar-refractivity contribution in [2.45, 2.75) is 57.4 Å². The van der Waals surface area contributed by atoms with Gasteiger partial charge in [-0.05, 0) is 74.0 Å². The van der Waals surface area contributed by atoms with Crippen molar-refractivity contribution in [2.75, 3.05) is 19.7 Å². The van der Waals surface area contributed by atoms with E-state index in [1.165, 1.54) is 11.6 Å². The van der Waals surface area contributed by atoms with E-state index in [0.29, 0.717) is 36.4 Å². The largest absolute Gasteiger partial charge is 0.478 e. The quantitative estimate of drug-likeness (QED) is 0.307. The molecule has 10 heteroatoms. The second-order valence-electron chi connectivity index (χ2n) is 11.8. The molecule has 0 bridgehead atoms. The predicted octanol–water partition coefficient (Wildman–Crippen LogP) is 5.06. The van der Waals surface area contributed by atoms with Crippen LogP contribution in [0.4, 0.5) is 4.39 Å². The van der Waals surface area contributed by atoms with Crippen LogP contribution in [0.15, 0.2) is 48.5 Å². The molecule has 2 aromatic heterocycles. The third-order valence-electron chi connectivity index (χ3n) is 9.12. The number of carboxylic acids is 1. The Morgan fingerprint density at radius 2 is 2.02 bits per heavy atom. The number of hydrogen-bond acceptors (Lipinski definition) is 7. The zero-order valence-electron chi connectivity index (χ0n) is 23.7. The second kappa shape index (κ2) is 11.4. The van der Waals surface area contributed by atoms with Gasteiger partial charge in [0, 0.05) is 30.7 Å². The van der Waals surface area contributed by atoms with Crippen molar-refractivity contribution < 1.29 is 23.8 Å². The van der Waals surface area contributed by atoms with E-state index in [9.17, 15) is 14.3 Å². The van der Waals surface area contributed by atoms with Gasteiger partial charge in [0.25, 0.3) is 0 Å². The van der Waals surface area contributed by atoms with Crippen molar-refractivity contribution >= 4 is 17.0 Å². The summed E-state index contributed by atoms with van der Waals surface area (Å²) >= 11 is 0. The molecule has 1 aliphatic carbocycles. The average Bonchev–Trinajstić information content (AvgIpc) is 3.33. The molecule has 3 atom stereocenters. The first kappa shape index (κ1) is 27.5. The van der Waals surface area contributed by atoms with Crippen LogP contribution in [0.3, 0.4) is 0 Å². The number of imidazole rings is 1. The highest BCUT2D eigenvalue weighted by atomic mass is 19.1. The summed E-state index contributed by atoms with van der Waals surface area (Å²) in [5, 5.41) is 18.5. The average molecular weight is 582 g/mol. The first-order valence-corrected chi connectivity index (χ1v) is 14.8. The standard InChI is InChI=1S/C33H32FN5O4/c34-27-13-20(15-35)1-2-24(27)19-43-31-8-6-21-3-4-23-16-38(11-9-26(23)32(21)37-31)18-30-36-28-7-5-22(33(40)41)14-29(28)39(30)17-25-10-12-42-25/h1-2,5-8,13-14,23,25-26H,3-4,9-12,16-19H2,(H,40,41)/t23?,25-,26?/m0/s1. The molecular weight excluding hydrogens is 549 g/mol. The normalized spacial score (nSPS) is 21.4. The lowest BCUT2D eigenvalue weighted by atomic mass is 9.74. The number of rotatable bonds is 8. The Labute approximate surface area is 248 Å². The maximum absolute atomic E-state index is 14.4. The van der Waals surface area contributed by atoms with Crippen LogP contribution in [0, 0.1) is 23.1 Å². The molecule has 2 aromatic carbocycles. The molecule has 43 heavy (non-hydrogen) atoms. The summed E-state index contributed by atoms with van der Waals surface area (Å²) in [6, 6.07) is 15.4. The van der Waals surface area contributed by atoms with Crippen LogP contribution in [0.5, 0.6) is 5.88 Å². The lowest BCUT2D eigenvalue weighted by molar-refractivity contribution is -0.0592. The molecule has 0 saturated carbocycles. The van der Waals surface area contributed by atoms with Crippen LogP contribution in [0.2, 0.25) is 0 Å². The zero-order valence-corrected chi connectivity index (χ0v) is 23.7. The van der Waals surface area contributed by atoms with Gasteiger partial charge in [0.05, 0.1) is 53.1 Å². The smallest absolute Gasteiger partial charge is 0.335 e. The van der Waals surface area contributed by atoms with Gasteiger partial charge >= 0.3 is 5.97 Å². The third-order valence-corrected chi connectivity index (χ3v) is 9.12. The number of hydrogen-bond donors (Lipinski definition) is 1. The predicted molar refractivity (Wildman–Crippen MR) is 155 cm³/mol. The number of halogens is 1. The maximum Gasteiger partial charge on any atom is 0.335 e. The van der Waals surface area contributed by atoms with Crippen LogP contribution in [-0.2, 0) is 30.9 Å². The molecule has 2 fully saturated rings. The Balaban J connectivity index is 1.06. The highest BCUT2D eigenvalue weighted by Gasteiger charge is 2.36. The molecule has 2 unspecified atom stereocenters. The Morgan fingerprint density at radius 3 is 2.79 bits per heavy atom. The number of ether oxygens (including phenoxy) is 2.